The minimum absolute atomic E-state index is 0.0126. The van der Waals surface area contributed by atoms with Gasteiger partial charge in [0.15, 0.2) is 5.96 Å². The predicted octanol–water partition coefficient (Wildman–Crippen LogP) is 2.97. The third-order valence-electron chi connectivity index (χ3n) is 5.22. The predicted molar refractivity (Wildman–Crippen MR) is 94.6 cm³/mol. The first kappa shape index (κ1) is 16.3. The van der Waals surface area contributed by atoms with Crippen molar-refractivity contribution in [3.8, 4) is 17.2 Å². The third kappa shape index (κ3) is 2.28. The van der Waals surface area contributed by atoms with Crippen LogP contribution in [0.1, 0.15) is 24.0 Å². The average molecular weight is 348 g/mol. The SMILES string of the molecule is CN1C(=N)N[C@@](c2cccc(-c3ccc(F)c(C#N)c3)c2)(C2CC2)C1=O. The molecule has 2 fully saturated rings. The number of likely N-dealkylation sites (N-methyl/N-ethyl adjacent to an activating group) is 1. The molecule has 4 rings (SSSR count). The molecule has 2 N–H and O–H groups in total. The number of halogens is 1. The van der Waals surface area contributed by atoms with Crippen LogP contribution in [-0.4, -0.2) is 23.8 Å². The van der Waals surface area contributed by atoms with Crippen LogP contribution in [-0.2, 0) is 10.3 Å². The van der Waals surface area contributed by atoms with Gasteiger partial charge in [-0.05, 0) is 53.6 Å². The van der Waals surface area contributed by atoms with Crippen LogP contribution in [0.15, 0.2) is 42.5 Å². The van der Waals surface area contributed by atoms with Crippen molar-refractivity contribution in [1.82, 2.24) is 10.2 Å². The molecule has 1 aliphatic heterocycles. The van der Waals surface area contributed by atoms with Crippen LogP contribution in [0.5, 0.6) is 0 Å². The Bertz CT molecular complexity index is 976. The van der Waals surface area contributed by atoms with Crippen LogP contribution in [0.4, 0.5) is 4.39 Å². The van der Waals surface area contributed by atoms with E-state index in [4.69, 9.17) is 10.7 Å². The molecule has 5 nitrogen and oxygen atoms in total. The van der Waals surface area contributed by atoms with E-state index in [1.165, 1.54) is 17.0 Å². The zero-order valence-electron chi connectivity index (χ0n) is 14.2. The fourth-order valence-corrected chi connectivity index (χ4v) is 3.65. The smallest absolute Gasteiger partial charge is 0.259 e. The maximum atomic E-state index is 13.6. The largest absolute Gasteiger partial charge is 0.338 e. The lowest BCUT2D eigenvalue weighted by Crippen LogP contribution is -2.46. The molecule has 1 saturated heterocycles. The summed E-state index contributed by atoms with van der Waals surface area (Å²) < 4.78 is 13.6. The molecule has 2 aromatic carbocycles. The Labute approximate surface area is 150 Å². The molecule has 6 heteroatoms. The number of carbonyl (C=O) groups is 1. The number of nitrogens with one attached hydrogen (secondary N) is 2. The van der Waals surface area contributed by atoms with Crippen LogP contribution < -0.4 is 5.32 Å². The lowest BCUT2D eigenvalue weighted by Gasteiger charge is -2.28. The first-order valence-electron chi connectivity index (χ1n) is 8.43. The number of hydrogen-bond donors (Lipinski definition) is 2. The van der Waals surface area contributed by atoms with E-state index >= 15 is 0 Å². The molecule has 0 radical (unpaired) electrons. The van der Waals surface area contributed by atoms with Crippen molar-refractivity contribution >= 4 is 11.9 Å². The van der Waals surface area contributed by atoms with Gasteiger partial charge in [0.05, 0.1) is 5.56 Å². The van der Waals surface area contributed by atoms with Crippen LogP contribution in [0.2, 0.25) is 0 Å². The molecule has 1 saturated carbocycles. The standard InChI is InChI=1S/C20H17FN4O/c1-25-18(26)20(15-6-7-15,24-19(25)23)16-4-2-3-12(10-16)13-5-8-17(21)14(9-13)11-22/h2-5,8-10,15H,6-7H2,1H3,(H2,23,24)/t20-/m1/s1. The molecular formula is C20H17FN4O. The number of rotatable bonds is 3. The molecular weight excluding hydrogens is 331 g/mol. The lowest BCUT2D eigenvalue weighted by molar-refractivity contribution is -0.131. The maximum Gasteiger partial charge on any atom is 0.259 e. The molecule has 26 heavy (non-hydrogen) atoms. The zero-order valence-corrected chi connectivity index (χ0v) is 14.2. The van der Waals surface area contributed by atoms with Gasteiger partial charge >= 0.3 is 0 Å². The second-order valence-electron chi connectivity index (χ2n) is 6.81. The van der Waals surface area contributed by atoms with Crippen molar-refractivity contribution in [3.63, 3.8) is 0 Å². The molecule has 2 aliphatic rings. The summed E-state index contributed by atoms with van der Waals surface area (Å²) in [6.45, 7) is 0. The Morgan fingerprint density at radius 3 is 2.62 bits per heavy atom. The molecule has 1 amide bonds. The van der Waals surface area contributed by atoms with Gasteiger partial charge in [-0.2, -0.15) is 5.26 Å². The van der Waals surface area contributed by atoms with Gasteiger partial charge in [0.1, 0.15) is 17.4 Å². The highest BCUT2D eigenvalue weighted by molar-refractivity contribution is 6.08. The fourth-order valence-electron chi connectivity index (χ4n) is 3.65. The van der Waals surface area contributed by atoms with Crippen molar-refractivity contribution in [2.24, 2.45) is 5.92 Å². The Hall–Kier alpha value is -3.20. The third-order valence-corrected chi connectivity index (χ3v) is 5.22. The van der Waals surface area contributed by atoms with Crippen LogP contribution >= 0.6 is 0 Å². The van der Waals surface area contributed by atoms with Crippen molar-refractivity contribution < 1.29 is 9.18 Å². The Morgan fingerprint density at radius 2 is 2.00 bits per heavy atom. The Balaban J connectivity index is 1.82. The molecule has 1 aliphatic carbocycles. The minimum Gasteiger partial charge on any atom is -0.338 e. The Kier molecular flexibility index (Phi) is 3.55. The first-order chi connectivity index (χ1) is 12.5. The van der Waals surface area contributed by atoms with E-state index in [2.05, 4.69) is 5.32 Å². The fraction of sp³-hybridized carbons (Fsp3) is 0.250. The number of nitriles is 1. The topological polar surface area (TPSA) is 80.0 Å². The van der Waals surface area contributed by atoms with E-state index in [0.717, 1.165) is 24.0 Å². The monoisotopic (exact) mass is 348 g/mol. The minimum atomic E-state index is -0.917. The molecule has 0 aromatic heterocycles. The summed E-state index contributed by atoms with van der Waals surface area (Å²) in [7, 11) is 1.60. The van der Waals surface area contributed by atoms with Gasteiger partial charge < -0.3 is 5.32 Å². The number of amides is 1. The second-order valence-corrected chi connectivity index (χ2v) is 6.81. The first-order valence-corrected chi connectivity index (χ1v) is 8.43. The van der Waals surface area contributed by atoms with Gasteiger partial charge in [0.2, 0.25) is 0 Å². The molecule has 1 atom stereocenters. The average Bonchev–Trinajstić information content (AvgIpc) is 3.47. The number of guanidine groups is 1. The normalized spacial score (nSPS) is 22.3. The summed E-state index contributed by atoms with van der Waals surface area (Å²) in [5, 5.41) is 20.2. The van der Waals surface area contributed by atoms with Crippen LogP contribution in [0.25, 0.3) is 11.1 Å². The summed E-state index contributed by atoms with van der Waals surface area (Å²) in [6, 6.07) is 13.8. The number of carbonyl (C=O) groups excluding carboxylic acids is 1. The van der Waals surface area contributed by atoms with Gasteiger partial charge in [-0.1, -0.05) is 24.3 Å². The second kappa shape index (κ2) is 5.67. The molecule has 130 valence electrons. The van der Waals surface area contributed by atoms with Gasteiger partial charge in [-0.25, -0.2) is 4.39 Å². The number of hydrogen-bond acceptors (Lipinski definition) is 3. The summed E-state index contributed by atoms with van der Waals surface area (Å²) in [5.74, 6) is -0.428. The van der Waals surface area contributed by atoms with Crippen molar-refractivity contribution in [3.05, 3.63) is 59.4 Å². The summed E-state index contributed by atoms with van der Waals surface area (Å²) in [4.78, 5) is 14.3. The van der Waals surface area contributed by atoms with Gasteiger partial charge in [-0.15, -0.1) is 0 Å². The van der Waals surface area contributed by atoms with E-state index in [0.29, 0.717) is 5.56 Å². The number of benzene rings is 2. The Morgan fingerprint density at radius 1 is 1.27 bits per heavy atom. The van der Waals surface area contributed by atoms with E-state index in [1.807, 2.05) is 30.3 Å². The molecule has 0 spiro atoms. The van der Waals surface area contributed by atoms with Gasteiger partial charge in [0, 0.05) is 7.05 Å². The zero-order chi connectivity index (χ0) is 18.5. The highest BCUT2D eigenvalue weighted by atomic mass is 19.1. The van der Waals surface area contributed by atoms with Crippen LogP contribution in [0.3, 0.4) is 0 Å². The van der Waals surface area contributed by atoms with Crippen molar-refractivity contribution in [1.29, 1.82) is 10.7 Å². The summed E-state index contributed by atoms with van der Waals surface area (Å²) >= 11 is 0. The van der Waals surface area contributed by atoms with E-state index in [1.54, 1.807) is 13.1 Å². The summed E-state index contributed by atoms with van der Waals surface area (Å²) in [5.41, 5.74) is 1.38. The van der Waals surface area contributed by atoms with Crippen LogP contribution in [0, 0.1) is 28.5 Å². The van der Waals surface area contributed by atoms with E-state index < -0.39 is 11.4 Å². The maximum absolute atomic E-state index is 13.6. The quantitative estimate of drug-likeness (QED) is 0.895. The van der Waals surface area contributed by atoms with Crippen molar-refractivity contribution in [2.45, 2.75) is 18.4 Å². The highest BCUT2D eigenvalue weighted by Crippen LogP contribution is 2.49. The number of nitrogens with zero attached hydrogens (tertiary/aromatic N) is 2. The molecule has 0 bridgehead atoms. The lowest BCUT2D eigenvalue weighted by atomic mass is 9.83. The van der Waals surface area contributed by atoms with Gasteiger partial charge in [0.25, 0.3) is 5.91 Å². The van der Waals surface area contributed by atoms with E-state index in [9.17, 15) is 9.18 Å². The molecule has 2 aromatic rings. The molecule has 1 heterocycles. The highest BCUT2D eigenvalue weighted by Gasteiger charge is 2.58. The van der Waals surface area contributed by atoms with Crippen molar-refractivity contribution in [2.75, 3.05) is 7.05 Å². The van der Waals surface area contributed by atoms with E-state index in [-0.39, 0.29) is 23.3 Å². The van der Waals surface area contributed by atoms with Gasteiger partial charge in [-0.3, -0.25) is 15.1 Å². The molecule has 0 unspecified atom stereocenters. The summed E-state index contributed by atoms with van der Waals surface area (Å²) in [6.07, 6.45) is 1.86.